The van der Waals surface area contributed by atoms with Gasteiger partial charge in [0.1, 0.15) is 11.9 Å². The zero-order valence-electron chi connectivity index (χ0n) is 22.7. The van der Waals surface area contributed by atoms with Gasteiger partial charge in [-0.1, -0.05) is 29.8 Å². The summed E-state index contributed by atoms with van der Waals surface area (Å²) in [5.41, 5.74) is 4.12. The minimum absolute atomic E-state index is 0.177. The van der Waals surface area contributed by atoms with E-state index in [2.05, 4.69) is 41.1 Å². The Balaban J connectivity index is 1.32. The summed E-state index contributed by atoms with van der Waals surface area (Å²) < 4.78 is 20.9. The van der Waals surface area contributed by atoms with Crippen LogP contribution in [0.25, 0.3) is 10.9 Å². The molecule has 1 N–H and O–H groups in total. The van der Waals surface area contributed by atoms with Crippen LogP contribution in [0.2, 0.25) is 0 Å². The number of carboxylic acid groups (broad SMARTS) is 1. The number of ether oxygens (including phenoxy) is 1. The predicted molar refractivity (Wildman–Crippen MR) is 150 cm³/mol. The van der Waals surface area contributed by atoms with Crippen molar-refractivity contribution < 1.29 is 19.0 Å². The van der Waals surface area contributed by atoms with Crippen molar-refractivity contribution in [2.24, 2.45) is 11.8 Å². The van der Waals surface area contributed by atoms with Gasteiger partial charge in [0, 0.05) is 24.5 Å². The van der Waals surface area contributed by atoms with Crippen molar-refractivity contribution in [2.75, 3.05) is 26.7 Å². The Kier molecular flexibility index (Phi) is 10.1. The molecule has 1 fully saturated rings. The SMILES string of the molecule is COc1ccc2nccc([C@@H](F)CCC3CCN(CCCCc4cccc(C)c4)CC3CCC(=O)O)c2c1. The summed E-state index contributed by atoms with van der Waals surface area (Å²) in [5.74, 6) is 0.579. The Morgan fingerprint density at radius 1 is 1.16 bits per heavy atom. The zero-order valence-corrected chi connectivity index (χ0v) is 22.7. The van der Waals surface area contributed by atoms with Gasteiger partial charge in [-0.2, -0.15) is 0 Å². The molecule has 0 saturated carbocycles. The molecule has 38 heavy (non-hydrogen) atoms. The van der Waals surface area contributed by atoms with Crippen LogP contribution < -0.4 is 4.74 Å². The summed E-state index contributed by atoms with van der Waals surface area (Å²) in [6, 6.07) is 16.1. The quantitative estimate of drug-likeness (QED) is 0.242. The van der Waals surface area contributed by atoms with E-state index in [1.165, 1.54) is 11.1 Å². The van der Waals surface area contributed by atoms with Gasteiger partial charge in [-0.05, 0) is 112 Å². The van der Waals surface area contributed by atoms with Gasteiger partial charge in [0.25, 0.3) is 0 Å². The number of unbranched alkanes of at least 4 members (excludes halogenated alkanes) is 1. The predicted octanol–water partition coefficient (Wildman–Crippen LogP) is 7.17. The van der Waals surface area contributed by atoms with Crippen LogP contribution >= 0.6 is 0 Å². The number of methoxy groups -OCH3 is 1. The Morgan fingerprint density at radius 3 is 2.82 bits per heavy atom. The van der Waals surface area contributed by atoms with Gasteiger partial charge in [-0.15, -0.1) is 0 Å². The van der Waals surface area contributed by atoms with Gasteiger partial charge in [-0.3, -0.25) is 9.78 Å². The first-order chi connectivity index (χ1) is 18.4. The Labute approximate surface area is 226 Å². The van der Waals surface area contributed by atoms with Crippen molar-refractivity contribution in [3.63, 3.8) is 0 Å². The third kappa shape index (κ3) is 7.76. The molecule has 5 nitrogen and oxygen atoms in total. The van der Waals surface area contributed by atoms with Crippen LogP contribution in [0, 0.1) is 18.8 Å². The van der Waals surface area contributed by atoms with Gasteiger partial charge in [-0.25, -0.2) is 4.39 Å². The number of benzene rings is 2. The second-order valence-corrected chi connectivity index (χ2v) is 10.8. The molecule has 204 valence electrons. The summed E-state index contributed by atoms with van der Waals surface area (Å²) in [4.78, 5) is 18.2. The Bertz CT molecular complexity index is 1200. The topological polar surface area (TPSA) is 62.7 Å². The lowest BCUT2D eigenvalue weighted by molar-refractivity contribution is -0.137. The molecule has 3 atom stereocenters. The molecule has 2 heterocycles. The van der Waals surface area contributed by atoms with Crippen molar-refractivity contribution in [3.05, 3.63) is 71.4 Å². The highest BCUT2D eigenvalue weighted by Crippen LogP contribution is 2.36. The van der Waals surface area contributed by atoms with Crippen molar-refractivity contribution in [2.45, 2.75) is 64.5 Å². The number of aryl methyl sites for hydroxylation is 2. The number of fused-ring (bicyclic) bond motifs is 1. The highest BCUT2D eigenvalue weighted by Gasteiger charge is 2.30. The minimum Gasteiger partial charge on any atom is -0.497 e. The molecule has 3 aromatic rings. The molecule has 4 rings (SSSR count). The van der Waals surface area contributed by atoms with Gasteiger partial charge < -0.3 is 14.7 Å². The zero-order chi connectivity index (χ0) is 26.9. The third-order valence-corrected chi connectivity index (χ3v) is 8.09. The maximum absolute atomic E-state index is 15.6. The number of hydrogen-bond donors (Lipinski definition) is 1. The summed E-state index contributed by atoms with van der Waals surface area (Å²) in [6.45, 7) is 5.09. The normalized spacial score (nSPS) is 18.9. The van der Waals surface area contributed by atoms with Gasteiger partial charge in [0.15, 0.2) is 0 Å². The monoisotopic (exact) mass is 520 g/mol. The Morgan fingerprint density at radius 2 is 2.03 bits per heavy atom. The maximum Gasteiger partial charge on any atom is 0.303 e. The van der Waals surface area contributed by atoms with Crippen LogP contribution in [0.1, 0.15) is 67.8 Å². The lowest BCUT2D eigenvalue weighted by Gasteiger charge is -2.39. The molecule has 0 bridgehead atoms. The Hall–Kier alpha value is -2.99. The molecule has 2 unspecified atom stereocenters. The molecule has 0 aliphatic carbocycles. The van der Waals surface area contributed by atoms with Crippen molar-refractivity contribution in [1.29, 1.82) is 0 Å². The molecule has 1 saturated heterocycles. The first kappa shape index (κ1) is 28.0. The summed E-state index contributed by atoms with van der Waals surface area (Å²) in [6.07, 6.45) is 6.99. The van der Waals surface area contributed by atoms with E-state index in [1.54, 1.807) is 19.4 Å². The highest BCUT2D eigenvalue weighted by atomic mass is 19.1. The number of aromatic nitrogens is 1. The number of pyridine rings is 1. The molecule has 1 aliphatic heterocycles. The molecular formula is C32H41FN2O3. The lowest BCUT2D eigenvalue weighted by atomic mass is 9.79. The van der Waals surface area contributed by atoms with Crippen molar-refractivity contribution >= 4 is 16.9 Å². The molecule has 0 amide bonds. The van der Waals surface area contributed by atoms with Crippen molar-refractivity contribution in [3.8, 4) is 5.75 Å². The van der Waals surface area contributed by atoms with E-state index in [4.69, 9.17) is 4.74 Å². The van der Waals surface area contributed by atoms with E-state index in [0.717, 1.165) is 62.6 Å². The fourth-order valence-corrected chi connectivity index (χ4v) is 5.97. The van der Waals surface area contributed by atoms with Crippen LogP contribution in [0.5, 0.6) is 5.75 Å². The number of piperidine rings is 1. The molecule has 0 radical (unpaired) electrons. The standard InChI is InChI=1S/C32H41FN2O3/c1-23-6-5-8-24(20-23)7-3-4-18-35-19-16-25(26(22-35)10-14-32(36)37)9-12-30(33)28-15-17-34-31-13-11-27(38-2)21-29(28)31/h5-6,8,11,13,15,17,20-21,25-26,30H,3-4,7,9-10,12,14,16,18-19,22H2,1-2H3,(H,36,37)/t25?,26?,30-/m0/s1. The van der Waals surface area contributed by atoms with Crippen LogP contribution in [0.3, 0.4) is 0 Å². The fourth-order valence-electron chi connectivity index (χ4n) is 5.97. The number of nitrogens with zero attached hydrogens (tertiary/aromatic N) is 2. The summed E-state index contributed by atoms with van der Waals surface area (Å²) in [5, 5.41) is 10.1. The van der Waals surface area contributed by atoms with Crippen LogP contribution in [0.4, 0.5) is 4.39 Å². The summed E-state index contributed by atoms with van der Waals surface area (Å²) in [7, 11) is 1.61. The van der Waals surface area contributed by atoms with E-state index >= 15 is 4.39 Å². The summed E-state index contributed by atoms with van der Waals surface area (Å²) >= 11 is 0. The first-order valence-corrected chi connectivity index (χ1v) is 14.0. The maximum atomic E-state index is 15.6. The van der Waals surface area contributed by atoms with E-state index < -0.39 is 12.1 Å². The lowest BCUT2D eigenvalue weighted by Crippen LogP contribution is -2.41. The average Bonchev–Trinajstić information content (AvgIpc) is 2.92. The van der Waals surface area contributed by atoms with Crippen LogP contribution in [0.15, 0.2) is 54.7 Å². The van der Waals surface area contributed by atoms with Gasteiger partial charge in [0.2, 0.25) is 0 Å². The van der Waals surface area contributed by atoms with Crippen LogP contribution in [-0.2, 0) is 11.2 Å². The third-order valence-electron chi connectivity index (χ3n) is 8.09. The van der Waals surface area contributed by atoms with Gasteiger partial charge >= 0.3 is 5.97 Å². The van der Waals surface area contributed by atoms with E-state index in [9.17, 15) is 9.90 Å². The molecule has 1 aromatic heterocycles. The number of aliphatic carboxylic acids is 1. The average molecular weight is 521 g/mol. The number of halogens is 1. The number of hydrogen-bond acceptors (Lipinski definition) is 4. The number of carbonyl (C=O) groups is 1. The smallest absolute Gasteiger partial charge is 0.303 e. The molecule has 0 spiro atoms. The van der Waals surface area contributed by atoms with Gasteiger partial charge in [0.05, 0.1) is 12.6 Å². The first-order valence-electron chi connectivity index (χ1n) is 14.0. The second-order valence-electron chi connectivity index (χ2n) is 10.8. The van der Waals surface area contributed by atoms with E-state index in [0.29, 0.717) is 30.1 Å². The van der Waals surface area contributed by atoms with E-state index in [1.807, 2.05) is 18.2 Å². The highest BCUT2D eigenvalue weighted by molar-refractivity contribution is 5.83. The molecule has 1 aliphatic rings. The van der Waals surface area contributed by atoms with E-state index in [-0.39, 0.29) is 12.3 Å². The molecule has 6 heteroatoms. The fraction of sp³-hybridized carbons (Fsp3) is 0.500. The van der Waals surface area contributed by atoms with Crippen molar-refractivity contribution in [1.82, 2.24) is 9.88 Å². The largest absolute Gasteiger partial charge is 0.497 e. The second kappa shape index (κ2) is 13.7. The number of alkyl halides is 1. The van der Waals surface area contributed by atoms with Crippen LogP contribution in [-0.4, -0.2) is 47.7 Å². The number of likely N-dealkylation sites (tertiary alicyclic amines) is 1. The molecular weight excluding hydrogens is 479 g/mol. The minimum atomic E-state index is -1.09. The number of carboxylic acids is 1. The number of rotatable bonds is 13. The molecule has 2 aromatic carbocycles.